The lowest BCUT2D eigenvalue weighted by molar-refractivity contribution is -0.386. The number of Topliss-reactive ketones (excluding diaryl/α,β-unsaturated/α-hetero) is 1. The highest BCUT2D eigenvalue weighted by Gasteiger charge is 2.46. The van der Waals surface area contributed by atoms with Crippen LogP contribution in [0.4, 0.5) is 5.69 Å². The standard InChI is InChI=1S/C27H27ClN2O6/c1-15-23(26(32)35-4)24(25-19(29-15)12-27(2,3)13-21(25)31)17-7-10-22(20(11-17)30(33)34)36-14-16-5-8-18(28)9-6-16/h5-12,24-25,29H,13-14H2,1-4H3. The number of methoxy groups -OCH3 is 1. The number of rotatable bonds is 6. The van der Waals surface area contributed by atoms with Gasteiger partial charge in [-0.1, -0.05) is 49.7 Å². The maximum Gasteiger partial charge on any atom is 0.336 e. The number of hydrogen-bond acceptors (Lipinski definition) is 7. The predicted molar refractivity (Wildman–Crippen MR) is 134 cm³/mol. The Morgan fingerprint density at radius 1 is 1.19 bits per heavy atom. The molecule has 2 aromatic carbocycles. The molecule has 8 nitrogen and oxygen atoms in total. The normalized spacial score (nSPS) is 20.7. The Morgan fingerprint density at radius 2 is 1.89 bits per heavy atom. The Morgan fingerprint density at radius 3 is 2.53 bits per heavy atom. The van der Waals surface area contributed by atoms with Gasteiger partial charge in [0.2, 0.25) is 0 Å². The molecule has 4 rings (SSSR count). The van der Waals surface area contributed by atoms with Gasteiger partial charge in [0.1, 0.15) is 12.4 Å². The van der Waals surface area contributed by atoms with Crippen LogP contribution >= 0.6 is 11.6 Å². The first-order valence-electron chi connectivity index (χ1n) is 11.5. The van der Waals surface area contributed by atoms with Gasteiger partial charge in [0.25, 0.3) is 0 Å². The van der Waals surface area contributed by atoms with Gasteiger partial charge in [-0.15, -0.1) is 0 Å². The number of nitro groups is 1. The van der Waals surface area contributed by atoms with Crippen molar-refractivity contribution in [3.63, 3.8) is 0 Å². The number of carbonyl (C=O) groups is 2. The summed E-state index contributed by atoms with van der Waals surface area (Å²) in [6, 6.07) is 11.5. The van der Waals surface area contributed by atoms with E-state index in [2.05, 4.69) is 5.32 Å². The van der Waals surface area contributed by atoms with Gasteiger partial charge < -0.3 is 14.8 Å². The molecule has 1 aliphatic carbocycles. The molecule has 188 valence electrons. The van der Waals surface area contributed by atoms with E-state index in [0.29, 0.717) is 22.0 Å². The molecule has 0 bridgehead atoms. The molecular formula is C27H27ClN2O6. The number of nitrogens with zero attached hydrogens (tertiary/aromatic N) is 1. The van der Waals surface area contributed by atoms with Gasteiger partial charge in [-0.25, -0.2) is 4.79 Å². The molecule has 0 radical (unpaired) electrons. The van der Waals surface area contributed by atoms with Crippen LogP contribution in [0.1, 0.15) is 44.2 Å². The Kier molecular flexibility index (Phi) is 6.91. The summed E-state index contributed by atoms with van der Waals surface area (Å²) >= 11 is 5.92. The van der Waals surface area contributed by atoms with Crippen molar-refractivity contribution in [3.05, 3.63) is 91.8 Å². The fourth-order valence-electron chi connectivity index (χ4n) is 4.94. The maximum absolute atomic E-state index is 13.3. The van der Waals surface area contributed by atoms with Crippen molar-refractivity contribution >= 4 is 29.0 Å². The van der Waals surface area contributed by atoms with Crippen molar-refractivity contribution in [3.8, 4) is 5.75 Å². The third-order valence-corrected chi connectivity index (χ3v) is 6.74. The fourth-order valence-corrected chi connectivity index (χ4v) is 5.07. The summed E-state index contributed by atoms with van der Waals surface area (Å²) in [5.41, 5.74) is 2.17. The summed E-state index contributed by atoms with van der Waals surface area (Å²) in [5, 5.41) is 15.8. The number of halogens is 1. The highest BCUT2D eigenvalue weighted by molar-refractivity contribution is 6.30. The summed E-state index contributed by atoms with van der Waals surface area (Å²) in [6.45, 7) is 5.79. The van der Waals surface area contributed by atoms with E-state index in [1.807, 2.05) is 19.9 Å². The molecule has 0 saturated carbocycles. The van der Waals surface area contributed by atoms with Crippen molar-refractivity contribution < 1.29 is 24.0 Å². The quantitative estimate of drug-likeness (QED) is 0.312. The molecule has 0 spiro atoms. The second-order valence-corrected chi connectivity index (χ2v) is 10.2. The van der Waals surface area contributed by atoms with E-state index in [0.717, 1.165) is 5.56 Å². The summed E-state index contributed by atoms with van der Waals surface area (Å²) in [7, 11) is 1.27. The van der Waals surface area contributed by atoms with Gasteiger partial charge in [-0.3, -0.25) is 14.9 Å². The Labute approximate surface area is 214 Å². The van der Waals surface area contributed by atoms with E-state index in [1.165, 1.54) is 19.2 Å². The van der Waals surface area contributed by atoms with Crippen LogP contribution in [0.25, 0.3) is 0 Å². The molecule has 9 heteroatoms. The number of ketones is 1. The van der Waals surface area contributed by atoms with E-state index in [9.17, 15) is 19.7 Å². The number of nitrogens with one attached hydrogen (secondary N) is 1. The topological polar surface area (TPSA) is 108 Å². The minimum absolute atomic E-state index is 0.0466. The zero-order valence-electron chi connectivity index (χ0n) is 20.5. The van der Waals surface area contributed by atoms with Gasteiger partial charge in [-0.05, 0) is 41.7 Å². The smallest absolute Gasteiger partial charge is 0.336 e. The lowest BCUT2D eigenvalue weighted by atomic mass is 9.66. The third kappa shape index (κ3) is 4.99. The van der Waals surface area contributed by atoms with Gasteiger partial charge in [0.05, 0.1) is 23.5 Å². The zero-order valence-corrected chi connectivity index (χ0v) is 21.2. The SMILES string of the molecule is COC(=O)C1=C(C)NC2=CC(C)(C)CC(=O)C2C1c1ccc(OCc2ccc(Cl)cc2)c([N+](=O)[O-])c1. The van der Waals surface area contributed by atoms with Gasteiger partial charge in [-0.2, -0.15) is 0 Å². The number of benzene rings is 2. The Hall–Kier alpha value is -3.65. The van der Waals surface area contributed by atoms with Crippen LogP contribution in [0.5, 0.6) is 5.75 Å². The second kappa shape index (κ2) is 9.78. The molecular weight excluding hydrogens is 484 g/mol. The molecule has 2 atom stereocenters. The van der Waals surface area contributed by atoms with E-state index in [-0.39, 0.29) is 41.2 Å². The first-order valence-corrected chi connectivity index (χ1v) is 11.9. The number of ether oxygens (including phenoxy) is 2. The van der Waals surface area contributed by atoms with Crippen LogP contribution in [-0.4, -0.2) is 23.8 Å². The van der Waals surface area contributed by atoms with E-state index < -0.39 is 22.7 Å². The number of allylic oxidation sites excluding steroid dienone is 3. The van der Waals surface area contributed by atoms with E-state index in [1.54, 1.807) is 37.3 Å². The third-order valence-electron chi connectivity index (χ3n) is 6.49. The average Bonchev–Trinajstić information content (AvgIpc) is 2.81. The fraction of sp³-hybridized carbons (Fsp3) is 0.333. The second-order valence-electron chi connectivity index (χ2n) is 9.74. The van der Waals surface area contributed by atoms with Crippen molar-refractivity contribution in [2.24, 2.45) is 11.3 Å². The first-order chi connectivity index (χ1) is 17.0. The molecule has 36 heavy (non-hydrogen) atoms. The van der Waals surface area contributed by atoms with Crippen molar-refractivity contribution in [2.45, 2.75) is 39.7 Å². The Balaban J connectivity index is 1.77. The summed E-state index contributed by atoms with van der Waals surface area (Å²) in [6.07, 6.45) is 2.29. The summed E-state index contributed by atoms with van der Waals surface area (Å²) in [4.78, 5) is 37.6. The molecule has 0 fully saturated rings. The van der Waals surface area contributed by atoms with Crippen LogP contribution < -0.4 is 10.1 Å². The number of carbonyl (C=O) groups excluding carboxylic acids is 2. The van der Waals surface area contributed by atoms with Crippen molar-refractivity contribution in [1.82, 2.24) is 5.32 Å². The molecule has 1 N–H and O–H groups in total. The lowest BCUT2D eigenvalue weighted by Crippen LogP contribution is -2.43. The largest absolute Gasteiger partial charge is 0.482 e. The molecule has 0 aromatic heterocycles. The maximum atomic E-state index is 13.3. The molecule has 0 saturated heterocycles. The minimum atomic E-state index is -0.738. The number of hydrogen-bond donors (Lipinski definition) is 1. The molecule has 2 unspecified atom stereocenters. The van der Waals surface area contributed by atoms with Gasteiger partial charge in [0, 0.05) is 34.8 Å². The summed E-state index contributed by atoms with van der Waals surface area (Å²) < 4.78 is 10.8. The molecule has 2 aromatic rings. The van der Waals surface area contributed by atoms with Crippen LogP contribution in [0.3, 0.4) is 0 Å². The average molecular weight is 511 g/mol. The van der Waals surface area contributed by atoms with Crippen molar-refractivity contribution in [1.29, 1.82) is 0 Å². The van der Waals surface area contributed by atoms with Crippen LogP contribution in [0.2, 0.25) is 5.02 Å². The highest BCUT2D eigenvalue weighted by Crippen LogP contribution is 2.48. The van der Waals surface area contributed by atoms with E-state index in [4.69, 9.17) is 21.1 Å². The molecule has 1 aliphatic heterocycles. The van der Waals surface area contributed by atoms with Crippen LogP contribution in [0, 0.1) is 21.4 Å². The van der Waals surface area contributed by atoms with E-state index >= 15 is 0 Å². The highest BCUT2D eigenvalue weighted by atomic mass is 35.5. The van der Waals surface area contributed by atoms with Crippen LogP contribution in [-0.2, 0) is 20.9 Å². The van der Waals surface area contributed by atoms with Gasteiger partial charge >= 0.3 is 11.7 Å². The van der Waals surface area contributed by atoms with Gasteiger partial charge in [0.15, 0.2) is 5.75 Å². The molecule has 2 aliphatic rings. The minimum Gasteiger partial charge on any atom is -0.482 e. The zero-order chi connectivity index (χ0) is 26.2. The summed E-state index contributed by atoms with van der Waals surface area (Å²) in [5.74, 6) is -1.98. The first kappa shape index (κ1) is 25.4. The molecule has 0 amide bonds. The number of esters is 1. The predicted octanol–water partition coefficient (Wildman–Crippen LogP) is 5.46. The number of fused-ring (bicyclic) bond motifs is 1. The Bertz CT molecular complexity index is 1300. The number of nitro benzene ring substituents is 1. The van der Waals surface area contributed by atoms with Crippen molar-refractivity contribution in [2.75, 3.05) is 7.11 Å². The molecule has 1 heterocycles. The monoisotopic (exact) mass is 510 g/mol. The van der Waals surface area contributed by atoms with Crippen LogP contribution in [0.15, 0.2) is 65.5 Å². The lowest BCUT2D eigenvalue weighted by Gasteiger charge is -2.41.